The number of carbonyl (C=O) groups excluding carboxylic acids is 1. The van der Waals surface area contributed by atoms with Crippen LogP contribution in [0.1, 0.15) is 33.9 Å². The average Bonchev–Trinajstić information content (AvgIpc) is 2.71. The molecule has 3 aliphatic rings. The van der Waals surface area contributed by atoms with Crippen LogP contribution in [0.15, 0.2) is 34.8 Å². The van der Waals surface area contributed by atoms with Gasteiger partial charge in [0, 0.05) is 23.0 Å². The maximum absolute atomic E-state index is 12.8. The van der Waals surface area contributed by atoms with Crippen molar-refractivity contribution in [3.05, 3.63) is 51.5 Å². The number of hydrogen-bond donors (Lipinski definition) is 2. The van der Waals surface area contributed by atoms with E-state index in [0.29, 0.717) is 12.2 Å². The molecule has 7 heteroatoms. The van der Waals surface area contributed by atoms with Crippen LogP contribution >= 0.6 is 15.9 Å². The minimum absolute atomic E-state index is 0.0266. The molecule has 3 aliphatic heterocycles. The van der Waals surface area contributed by atoms with Gasteiger partial charge in [-0.3, -0.25) is 4.79 Å². The van der Waals surface area contributed by atoms with E-state index in [0.717, 1.165) is 52.2 Å². The molecule has 3 heterocycles. The Labute approximate surface area is 172 Å². The summed E-state index contributed by atoms with van der Waals surface area (Å²) in [6, 6.07) is 9.79. The van der Waals surface area contributed by atoms with Gasteiger partial charge in [-0.1, -0.05) is 28.1 Å². The Kier molecular flexibility index (Phi) is 4.25. The predicted octanol–water partition coefficient (Wildman–Crippen LogP) is 2.99. The molecule has 5 rings (SSSR count). The summed E-state index contributed by atoms with van der Waals surface area (Å²) in [5.74, 6) is 1.62. The first-order valence-corrected chi connectivity index (χ1v) is 10.3. The summed E-state index contributed by atoms with van der Waals surface area (Å²) in [6.07, 6.45) is 1.55. The van der Waals surface area contributed by atoms with Gasteiger partial charge < -0.3 is 25.4 Å². The molecular formula is C21H22BrN3O3. The van der Waals surface area contributed by atoms with Crippen LogP contribution in [0.4, 0.5) is 5.69 Å². The zero-order valence-electron chi connectivity index (χ0n) is 15.6. The van der Waals surface area contributed by atoms with Crippen molar-refractivity contribution in [2.24, 2.45) is 11.7 Å². The number of benzene rings is 2. The van der Waals surface area contributed by atoms with Gasteiger partial charge in [-0.05, 0) is 42.2 Å². The summed E-state index contributed by atoms with van der Waals surface area (Å²) in [5, 5.41) is 3.22. The van der Waals surface area contributed by atoms with Gasteiger partial charge in [0.2, 0.25) is 0 Å². The Morgan fingerprint density at radius 2 is 2.21 bits per heavy atom. The van der Waals surface area contributed by atoms with E-state index in [2.05, 4.69) is 32.2 Å². The highest BCUT2D eigenvalue weighted by molar-refractivity contribution is 9.10. The van der Waals surface area contributed by atoms with Crippen LogP contribution in [0.2, 0.25) is 0 Å². The van der Waals surface area contributed by atoms with Gasteiger partial charge in [0.15, 0.2) is 11.5 Å². The third kappa shape index (κ3) is 2.68. The largest absolute Gasteiger partial charge is 0.493 e. The molecule has 0 saturated heterocycles. The molecule has 0 aliphatic carbocycles. The van der Waals surface area contributed by atoms with Crippen molar-refractivity contribution in [2.45, 2.75) is 25.0 Å². The van der Waals surface area contributed by atoms with Gasteiger partial charge in [-0.15, -0.1) is 0 Å². The number of anilines is 1. The third-order valence-corrected chi connectivity index (χ3v) is 6.44. The van der Waals surface area contributed by atoms with E-state index in [4.69, 9.17) is 15.2 Å². The van der Waals surface area contributed by atoms with Crippen molar-refractivity contribution in [1.29, 1.82) is 0 Å². The van der Waals surface area contributed by atoms with Crippen LogP contribution in [-0.4, -0.2) is 32.3 Å². The van der Waals surface area contributed by atoms with Crippen molar-refractivity contribution in [1.82, 2.24) is 5.32 Å². The number of nitrogens with two attached hydrogens (primary N) is 1. The van der Waals surface area contributed by atoms with E-state index in [1.807, 2.05) is 24.3 Å². The summed E-state index contributed by atoms with van der Waals surface area (Å²) in [6.45, 7) is 1.34. The summed E-state index contributed by atoms with van der Waals surface area (Å²) >= 11 is 3.55. The van der Waals surface area contributed by atoms with E-state index >= 15 is 0 Å². The molecular weight excluding hydrogens is 422 g/mol. The van der Waals surface area contributed by atoms with Crippen LogP contribution in [0.25, 0.3) is 0 Å². The van der Waals surface area contributed by atoms with Crippen LogP contribution in [0.3, 0.4) is 0 Å². The molecule has 0 fully saturated rings. The van der Waals surface area contributed by atoms with Crippen molar-refractivity contribution in [3.8, 4) is 11.5 Å². The lowest BCUT2D eigenvalue weighted by Crippen LogP contribution is -2.60. The minimum Gasteiger partial charge on any atom is -0.493 e. The van der Waals surface area contributed by atoms with Gasteiger partial charge in [0.05, 0.1) is 25.0 Å². The molecule has 6 nitrogen and oxygen atoms in total. The van der Waals surface area contributed by atoms with Crippen molar-refractivity contribution in [3.63, 3.8) is 0 Å². The Morgan fingerprint density at radius 3 is 3.04 bits per heavy atom. The second-order valence-corrected chi connectivity index (χ2v) is 8.54. The lowest BCUT2D eigenvalue weighted by molar-refractivity contribution is 0.0879. The number of hydrogen-bond acceptors (Lipinski definition) is 5. The monoisotopic (exact) mass is 443 g/mol. The summed E-state index contributed by atoms with van der Waals surface area (Å²) in [5.41, 5.74) is 10.2. The molecule has 0 spiro atoms. The molecule has 28 heavy (non-hydrogen) atoms. The maximum atomic E-state index is 12.8. The van der Waals surface area contributed by atoms with Crippen LogP contribution in [-0.2, 0) is 6.42 Å². The lowest BCUT2D eigenvalue weighted by atomic mass is 9.87. The number of ether oxygens (including phenoxy) is 2. The summed E-state index contributed by atoms with van der Waals surface area (Å²) < 4.78 is 12.5. The number of methoxy groups -OCH3 is 1. The zero-order chi connectivity index (χ0) is 19.4. The Hall–Kier alpha value is -2.25. The van der Waals surface area contributed by atoms with E-state index in [1.165, 1.54) is 0 Å². The Balaban J connectivity index is 1.51. The molecule has 2 aromatic rings. The SMILES string of the molecule is COc1cc(Br)cc2c1OCC([C@@H]1NC(=O)c3cccc4c3N1CC[C@H]4N)C2. The van der Waals surface area contributed by atoms with Gasteiger partial charge >= 0.3 is 0 Å². The van der Waals surface area contributed by atoms with E-state index in [9.17, 15) is 4.79 Å². The Morgan fingerprint density at radius 1 is 1.36 bits per heavy atom. The second kappa shape index (κ2) is 6.67. The molecule has 2 aromatic carbocycles. The predicted molar refractivity (Wildman–Crippen MR) is 110 cm³/mol. The minimum atomic E-state index is -0.119. The van der Waals surface area contributed by atoms with Gasteiger partial charge in [0.25, 0.3) is 5.91 Å². The molecule has 0 aromatic heterocycles. The Bertz CT molecular complexity index is 964. The first-order chi connectivity index (χ1) is 13.6. The molecule has 0 saturated carbocycles. The lowest BCUT2D eigenvalue weighted by Gasteiger charge is -2.47. The third-order valence-electron chi connectivity index (χ3n) is 5.98. The van der Waals surface area contributed by atoms with Crippen LogP contribution < -0.4 is 25.4 Å². The van der Waals surface area contributed by atoms with Crippen molar-refractivity contribution in [2.75, 3.05) is 25.2 Å². The second-order valence-electron chi connectivity index (χ2n) is 7.62. The van der Waals surface area contributed by atoms with Crippen LogP contribution in [0, 0.1) is 5.92 Å². The maximum Gasteiger partial charge on any atom is 0.255 e. The number of halogens is 1. The average molecular weight is 444 g/mol. The molecule has 0 radical (unpaired) electrons. The molecule has 1 unspecified atom stereocenters. The van der Waals surface area contributed by atoms with E-state index < -0.39 is 0 Å². The van der Waals surface area contributed by atoms with Gasteiger partial charge in [-0.25, -0.2) is 0 Å². The topological polar surface area (TPSA) is 76.8 Å². The van der Waals surface area contributed by atoms with Crippen LogP contribution in [0.5, 0.6) is 11.5 Å². The number of rotatable bonds is 2. The number of para-hydroxylation sites is 1. The fraction of sp³-hybridized carbons (Fsp3) is 0.381. The number of nitrogens with zero attached hydrogens (tertiary/aromatic N) is 1. The van der Waals surface area contributed by atoms with Gasteiger partial charge in [-0.2, -0.15) is 0 Å². The standard InChI is InChI=1S/C21H22BrN3O3/c1-27-17-9-13(22)8-11-7-12(10-28-19(11)17)20-24-21(26)15-4-2-3-14-16(23)5-6-25(20)18(14)15/h2-4,8-9,12,16,20H,5-7,10,23H2,1H3,(H,24,26)/t12?,16-,20-/m1/s1. The van der Waals surface area contributed by atoms with E-state index in [-0.39, 0.29) is 24.0 Å². The van der Waals surface area contributed by atoms with Crippen molar-refractivity contribution < 1.29 is 14.3 Å². The zero-order valence-corrected chi connectivity index (χ0v) is 17.2. The first kappa shape index (κ1) is 17.8. The molecule has 3 N–H and O–H groups in total. The fourth-order valence-corrected chi connectivity index (χ4v) is 5.16. The van der Waals surface area contributed by atoms with Gasteiger partial charge in [0.1, 0.15) is 6.17 Å². The highest BCUT2D eigenvalue weighted by atomic mass is 79.9. The molecule has 1 amide bonds. The number of nitrogens with one attached hydrogen (secondary N) is 1. The quantitative estimate of drug-likeness (QED) is 0.745. The van der Waals surface area contributed by atoms with E-state index in [1.54, 1.807) is 7.11 Å². The molecule has 3 atom stereocenters. The smallest absolute Gasteiger partial charge is 0.255 e. The summed E-state index contributed by atoms with van der Waals surface area (Å²) in [4.78, 5) is 15.1. The first-order valence-electron chi connectivity index (χ1n) is 9.52. The normalized spacial score (nSPS) is 25.3. The van der Waals surface area contributed by atoms with Crippen molar-refractivity contribution >= 4 is 27.5 Å². The highest BCUT2D eigenvalue weighted by Crippen LogP contribution is 2.43. The number of fused-ring (bicyclic) bond motifs is 1. The fourth-order valence-electron chi connectivity index (χ4n) is 4.67. The molecule has 146 valence electrons. The molecule has 0 bridgehead atoms. The number of carbonyl (C=O) groups is 1. The highest BCUT2D eigenvalue weighted by Gasteiger charge is 2.41. The number of amides is 1. The summed E-state index contributed by atoms with van der Waals surface area (Å²) in [7, 11) is 1.65.